The SMILES string of the molecule is NC1CCCCCC1S(=O)(=O)Nc1ccc(Cl)cc1C(F)(F)F. The number of sulfonamides is 1. The highest BCUT2D eigenvalue weighted by atomic mass is 35.5. The first kappa shape index (κ1) is 18.4. The summed E-state index contributed by atoms with van der Waals surface area (Å²) in [6.07, 6.45) is -1.46. The zero-order chi connectivity index (χ0) is 17.3. The van der Waals surface area contributed by atoms with E-state index >= 15 is 0 Å². The van der Waals surface area contributed by atoms with Gasteiger partial charge in [0.15, 0.2) is 0 Å². The molecule has 0 aromatic heterocycles. The van der Waals surface area contributed by atoms with Crippen LogP contribution in [0.2, 0.25) is 5.02 Å². The Kier molecular flexibility index (Phi) is 5.48. The molecule has 23 heavy (non-hydrogen) atoms. The Hall–Kier alpha value is -0.990. The Balaban J connectivity index is 2.34. The minimum Gasteiger partial charge on any atom is -0.326 e. The van der Waals surface area contributed by atoms with Crippen LogP contribution < -0.4 is 10.5 Å². The summed E-state index contributed by atoms with van der Waals surface area (Å²) in [4.78, 5) is 0. The van der Waals surface area contributed by atoms with Crippen LogP contribution in [0.5, 0.6) is 0 Å². The molecule has 0 saturated heterocycles. The summed E-state index contributed by atoms with van der Waals surface area (Å²) < 4.78 is 66.3. The van der Waals surface area contributed by atoms with Gasteiger partial charge in [0.05, 0.1) is 16.5 Å². The van der Waals surface area contributed by atoms with Gasteiger partial charge in [-0.25, -0.2) is 8.42 Å². The summed E-state index contributed by atoms with van der Waals surface area (Å²) in [5.41, 5.74) is 4.26. The minimum atomic E-state index is -4.71. The Morgan fingerprint density at radius 2 is 1.83 bits per heavy atom. The summed E-state index contributed by atoms with van der Waals surface area (Å²) in [6, 6.07) is 2.34. The maximum absolute atomic E-state index is 13.1. The summed E-state index contributed by atoms with van der Waals surface area (Å²) in [5, 5.41) is -1.02. The van der Waals surface area contributed by atoms with Crippen molar-refractivity contribution >= 4 is 27.3 Å². The van der Waals surface area contributed by atoms with E-state index in [2.05, 4.69) is 4.72 Å². The smallest absolute Gasteiger partial charge is 0.326 e. The van der Waals surface area contributed by atoms with Crippen LogP contribution in [0.3, 0.4) is 0 Å². The lowest BCUT2D eigenvalue weighted by Crippen LogP contribution is -2.42. The third kappa shape index (κ3) is 4.51. The van der Waals surface area contributed by atoms with Crippen LogP contribution in [0.1, 0.15) is 37.7 Å². The van der Waals surface area contributed by atoms with Crippen molar-refractivity contribution in [3.63, 3.8) is 0 Å². The van der Waals surface area contributed by atoms with Gasteiger partial charge in [-0.1, -0.05) is 30.9 Å². The molecule has 0 aliphatic heterocycles. The Labute approximate surface area is 138 Å². The summed E-state index contributed by atoms with van der Waals surface area (Å²) in [6.45, 7) is 0. The fourth-order valence-electron chi connectivity index (χ4n) is 2.76. The van der Waals surface area contributed by atoms with Crippen LogP contribution in [0.4, 0.5) is 18.9 Å². The van der Waals surface area contributed by atoms with Crippen molar-refractivity contribution < 1.29 is 21.6 Å². The molecule has 1 aromatic carbocycles. The highest BCUT2D eigenvalue weighted by Gasteiger charge is 2.37. The fourth-order valence-corrected chi connectivity index (χ4v) is 4.64. The molecule has 1 aromatic rings. The van der Waals surface area contributed by atoms with E-state index in [1.54, 1.807) is 0 Å². The molecule has 1 aliphatic rings. The fraction of sp³-hybridized carbons (Fsp3) is 0.571. The first-order chi connectivity index (χ1) is 10.6. The van der Waals surface area contributed by atoms with Gasteiger partial charge >= 0.3 is 6.18 Å². The second-order valence-corrected chi connectivity index (χ2v) is 8.01. The molecule has 4 nitrogen and oxygen atoms in total. The first-order valence-corrected chi connectivity index (χ1v) is 9.17. The van der Waals surface area contributed by atoms with Gasteiger partial charge in [-0.15, -0.1) is 0 Å². The number of hydrogen-bond donors (Lipinski definition) is 2. The van der Waals surface area contributed by atoms with Crippen LogP contribution in [0, 0.1) is 0 Å². The molecule has 3 N–H and O–H groups in total. The third-order valence-electron chi connectivity index (χ3n) is 3.94. The molecule has 1 fully saturated rings. The molecular formula is C14H18ClF3N2O2S. The Bertz CT molecular complexity index is 664. The van der Waals surface area contributed by atoms with Gasteiger partial charge in [0.2, 0.25) is 10.0 Å². The molecule has 0 amide bonds. The highest BCUT2D eigenvalue weighted by molar-refractivity contribution is 7.93. The van der Waals surface area contributed by atoms with E-state index in [4.69, 9.17) is 17.3 Å². The predicted molar refractivity (Wildman–Crippen MR) is 83.8 cm³/mol. The zero-order valence-electron chi connectivity index (χ0n) is 12.2. The van der Waals surface area contributed by atoms with Crippen molar-refractivity contribution in [2.45, 2.75) is 49.6 Å². The van der Waals surface area contributed by atoms with Crippen LogP contribution in [-0.4, -0.2) is 19.7 Å². The van der Waals surface area contributed by atoms with E-state index in [-0.39, 0.29) is 5.02 Å². The molecule has 2 atom stereocenters. The second kappa shape index (κ2) is 6.86. The van der Waals surface area contributed by atoms with Gasteiger partial charge in [0, 0.05) is 11.1 Å². The maximum Gasteiger partial charge on any atom is 0.418 e. The average Bonchev–Trinajstić information content (AvgIpc) is 2.64. The molecule has 1 saturated carbocycles. The van der Waals surface area contributed by atoms with Gasteiger partial charge in [-0.05, 0) is 31.0 Å². The van der Waals surface area contributed by atoms with E-state index < -0.39 is 38.7 Å². The molecule has 0 heterocycles. The topological polar surface area (TPSA) is 72.2 Å². The van der Waals surface area contributed by atoms with Gasteiger partial charge in [-0.3, -0.25) is 4.72 Å². The largest absolute Gasteiger partial charge is 0.418 e. The molecule has 9 heteroatoms. The maximum atomic E-state index is 13.1. The van der Waals surface area contributed by atoms with Crippen molar-refractivity contribution in [2.75, 3.05) is 4.72 Å². The van der Waals surface area contributed by atoms with Gasteiger partial charge in [0.1, 0.15) is 0 Å². The molecule has 0 bridgehead atoms. The summed E-state index contributed by atoms with van der Waals surface area (Å²) in [7, 11) is -4.02. The summed E-state index contributed by atoms with van der Waals surface area (Å²) >= 11 is 5.59. The van der Waals surface area contributed by atoms with Gasteiger partial charge in [-0.2, -0.15) is 13.2 Å². The highest BCUT2D eigenvalue weighted by Crippen LogP contribution is 2.37. The number of nitrogens with two attached hydrogens (primary N) is 1. The molecule has 1 aliphatic carbocycles. The monoisotopic (exact) mass is 370 g/mol. The van der Waals surface area contributed by atoms with E-state index in [9.17, 15) is 21.6 Å². The Morgan fingerprint density at radius 1 is 1.17 bits per heavy atom. The second-order valence-electron chi connectivity index (χ2n) is 5.68. The van der Waals surface area contributed by atoms with E-state index in [0.29, 0.717) is 25.3 Å². The number of rotatable bonds is 3. The molecule has 0 spiro atoms. The average molecular weight is 371 g/mol. The van der Waals surface area contributed by atoms with E-state index in [1.807, 2.05) is 0 Å². The van der Waals surface area contributed by atoms with Crippen molar-refractivity contribution in [2.24, 2.45) is 5.73 Å². The minimum absolute atomic E-state index is 0.119. The number of alkyl halides is 3. The number of nitrogens with one attached hydrogen (secondary N) is 1. The Morgan fingerprint density at radius 3 is 2.48 bits per heavy atom. The number of anilines is 1. The molecule has 2 unspecified atom stereocenters. The van der Waals surface area contributed by atoms with Gasteiger partial charge in [0.25, 0.3) is 0 Å². The van der Waals surface area contributed by atoms with E-state index in [1.165, 1.54) is 6.07 Å². The quantitative estimate of drug-likeness (QED) is 0.796. The predicted octanol–water partition coefficient (Wildman–Crippen LogP) is 3.76. The van der Waals surface area contributed by atoms with Crippen LogP contribution in [0.15, 0.2) is 18.2 Å². The van der Waals surface area contributed by atoms with E-state index in [0.717, 1.165) is 18.9 Å². The van der Waals surface area contributed by atoms with Crippen LogP contribution in [0.25, 0.3) is 0 Å². The molecule has 0 radical (unpaired) electrons. The van der Waals surface area contributed by atoms with Crippen molar-refractivity contribution in [3.05, 3.63) is 28.8 Å². The number of benzene rings is 1. The molecule has 2 rings (SSSR count). The van der Waals surface area contributed by atoms with Crippen molar-refractivity contribution in [3.8, 4) is 0 Å². The lowest BCUT2D eigenvalue weighted by Gasteiger charge is -2.23. The molecule has 130 valence electrons. The van der Waals surface area contributed by atoms with Crippen molar-refractivity contribution in [1.29, 1.82) is 0 Å². The lowest BCUT2D eigenvalue weighted by molar-refractivity contribution is -0.136. The van der Waals surface area contributed by atoms with Gasteiger partial charge < -0.3 is 5.73 Å². The lowest BCUT2D eigenvalue weighted by atomic mass is 10.1. The first-order valence-electron chi connectivity index (χ1n) is 7.25. The summed E-state index contributed by atoms with van der Waals surface area (Å²) in [5.74, 6) is 0. The third-order valence-corrected chi connectivity index (χ3v) is 6.06. The van der Waals surface area contributed by atoms with Crippen LogP contribution >= 0.6 is 11.6 Å². The standard InChI is InChI=1S/C14H18ClF3N2O2S/c15-9-6-7-12(10(8-9)14(16,17)18)20-23(21,22)13-5-3-1-2-4-11(13)19/h6-8,11,13,20H,1-5,19H2. The van der Waals surface area contributed by atoms with Crippen molar-refractivity contribution in [1.82, 2.24) is 0 Å². The molecular weight excluding hydrogens is 353 g/mol. The number of halogens is 4. The van der Waals surface area contributed by atoms with Crippen LogP contribution in [-0.2, 0) is 16.2 Å². The zero-order valence-corrected chi connectivity index (χ0v) is 13.8. The normalized spacial score (nSPS) is 23.3. The number of hydrogen-bond acceptors (Lipinski definition) is 3.